The molecule has 0 fully saturated rings. The number of unbranched alkanes of at least 4 members (excludes halogenated alkanes) is 4. The van der Waals surface area contributed by atoms with Gasteiger partial charge in [0.2, 0.25) is 11.8 Å². The molecule has 0 aromatic heterocycles. The first-order valence-electron chi connectivity index (χ1n) is 17.3. The Kier molecular flexibility index (Phi) is 15.4. The molecule has 0 bridgehead atoms. The van der Waals surface area contributed by atoms with Gasteiger partial charge in [-0.05, 0) is 80.7 Å². The number of nitriles is 1. The van der Waals surface area contributed by atoms with E-state index in [0.29, 0.717) is 37.2 Å². The molecule has 1 aliphatic rings. The van der Waals surface area contributed by atoms with E-state index < -0.39 is 35.0 Å². The van der Waals surface area contributed by atoms with E-state index in [9.17, 15) is 23.5 Å². The van der Waals surface area contributed by atoms with Crippen LogP contribution in [0.5, 0.6) is 0 Å². The van der Waals surface area contributed by atoms with Gasteiger partial charge in [0.1, 0.15) is 11.6 Å². The van der Waals surface area contributed by atoms with Crippen LogP contribution in [0.25, 0.3) is 0 Å². The minimum absolute atomic E-state index is 0.0273. The smallest absolute Gasteiger partial charge is 0.249 e. The fourth-order valence-electron chi connectivity index (χ4n) is 6.85. The van der Waals surface area contributed by atoms with Crippen molar-refractivity contribution in [2.24, 2.45) is 17.1 Å². The predicted octanol–water partition coefficient (Wildman–Crippen LogP) is 6.69. The molecule has 0 spiro atoms. The van der Waals surface area contributed by atoms with Gasteiger partial charge in [0.25, 0.3) is 0 Å². The molecule has 0 radical (unpaired) electrons. The molecule has 7 nitrogen and oxygen atoms in total. The molecule has 9 heteroatoms. The Morgan fingerprint density at radius 2 is 1.69 bits per heavy atom. The Balaban J connectivity index is 1.84. The van der Waals surface area contributed by atoms with Crippen LogP contribution in [-0.2, 0) is 29.0 Å². The summed E-state index contributed by atoms with van der Waals surface area (Å²) in [6.45, 7) is 7.46. The minimum Gasteiger partial charge on any atom is -0.391 e. The first-order valence-corrected chi connectivity index (χ1v) is 17.3. The summed E-state index contributed by atoms with van der Waals surface area (Å²) < 4.78 is 28.6. The third-order valence-electron chi connectivity index (χ3n) is 9.06. The number of aliphatic hydroxyl groups excluding tert-OH is 1. The number of aliphatic hydroxyl groups is 1. The highest BCUT2D eigenvalue weighted by Gasteiger charge is 2.48. The van der Waals surface area contributed by atoms with Gasteiger partial charge in [0, 0.05) is 50.2 Å². The zero-order valence-electron chi connectivity index (χ0n) is 28.7. The monoisotopic (exact) mass is 662 g/mol. The number of nitrogens with zero attached hydrogens (tertiary/aromatic N) is 2. The highest BCUT2D eigenvalue weighted by atomic mass is 19.1. The molecule has 48 heavy (non-hydrogen) atoms. The van der Waals surface area contributed by atoms with Crippen molar-refractivity contribution >= 4 is 11.8 Å². The summed E-state index contributed by atoms with van der Waals surface area (Å²) in [7, 11) is 0. The molecule has 1 aliphatic carbocycles. The number of hydrogen-bond acceptors (Lipinski definition) is 5. The number of primary amides is 1. The second-order valence-corrected chi connectivity index (χ2v) is 13.1. The lowest BCUT2D eigenvalue weighted by atomic mass is 9.63. The van der Waals surface area contributed by atoms with Crippen LogP contribution in [0.1, 0.15) is 88.8 Å². The van der Waals surface area contributed by atoms with E-state index in [0.717, 1.165) is 56.6 Å². The van der Waals surface area contributed by atoms with Gasteiger partial charge in [-0.1, -0.05) is 68.7 Å². The van der Waals surface area contributed by atoms with E-state index in [-0.39, 0.29) is 30.9 Å². The maximum atomic E-state index is 14.3. The van der Waals surface area contributed by atoms with Crippen LogP contribution in [0.4, 0.5) is 8.78 Å². The standard InChI is InChI=1S/C39H52F2N4O3/c1-4-16-45(17-5-2)37(47)32-18-28(3)24-39(25-32,38(43)48)35(22-31-20-33(40)23-34(41)21-31)36(46)27-44-26-30-14-11-13-29(19-30)12-9-7-6-8-10-15-42/h11,13-14,18-21,23-24,35-36,44,46H,4-10,12,16-17,22,25-27H2,1-3H3,(H2,43,48)/t35-,36+,39?/m1/s1. The van der Waals surface area contributed by atoms with Crippen molar-refractivity contribution in [2.45, 2.75) is 97.6 Å². The van der Waals surface area contributed by atoms with Gasteiger partial charge in [0.15, 0.2) is 0 Å². The van der Waals surface area contributed by atoms with Crippen LogP contribution in [0.3, 0.4) is 0 Å². The average molecular weight is 663 g/mol. The zero-order chi connectivity index (χ0) is 35.1. The van der Waals surface area contributed by atoms with Crippen molar-refractivity contribution in [1.29, 1.82) is 5.26 Å². The summed E-state index contributed by atoms with van der Waals surface area (Å²) in [5.74, 6) is -3.30. The lowest BCUT2D eigenvalue weighted by Crippen LogP contribution is -2.51. The highest BCUT2D eigenvalue weighted by Crippen LogP contribution is 2.44. The number of allylic oxidation sites excluding steroid dienone is 2. The molecule has 4 N–H and O–H groups in total. The third kappa shape index (κ3) is 11.1. The topological polar surface area (TPSA) is 119 Å². The molecule has 260 valence electrons. The summed E-state index contributed by atoms with van der Waals surface area (Å²) in [6, 6.07) is 13.6. The number of carbonyl (C=O) groups is 2. The van der Waals surface area contributed by atoms with Crippen molar-refractivity contribution in [3.63, 3.8) is 0 Å². The predicted molar refractivity (Wildman–Crippen MR) is 185 cm³/mol. The number of benzene rings is 2. The van der Waals surface area contributed by atoms with Gasteiger partial charge in [-0.2, -0.15) is 5.26 Å². The van der Waals surface area contributed by atoms with Gasteiger partial charge >= 0.3 is 0 Å². The Morgan fingerprint density at radius 3 is 2.33 bits per heavy atom. The van der Waals surface area contributed by atoms with E-state index in [1.165, 1.54) is 17.7 Å². The molecule has 0 heterocycles. The Labute approximate surface area is 284 Å². The number of nitrogens with one attached hydrogen (secondary N) is 1. The van der Waals surface area contributed by atoms with Gasteiger partial charge in [-0.25, -0.2) is 8.78 Å². The van der Waals surface area contributed by atoms with E-state index in [2.05, 4.69) is 23.5 Å². The molecule has 0 saturated heterocycles. The van der Waals surface area contributed by atoms with Crippen LogP contribution in [0.15, 0.2) is 65.8 Å². The first-order chi connectivity index (χ1) is 23.0. The average Bonchev–Trinajstić information content (AvgIpc) is 3.04. The fraction of sp³-hybridized carbons (Fsp3) is 0.513. The van der Waals surface area contributed by atoms with Crippen LogP contribution < -0.4 is 11.1 Å². The lowest BCUT2D eigenvalue weighted by Gasteiger charge is -2.42. The summed E-state index contributed by atoms with van der Waals surface area (Å²) in [5.41, 5.74) is 8.28. The van der Waals surface area contributed by atoms with Gasteiger partial charge in [-0.3, -0.25) is 9.59 Å². The fourth-order valence-corrected chi connectivity index (χ4v) is 6.85. The quantitative estimate of drug-likeness (QED) is 0.137. The van der Waals surface area contributed by atoms with Crippen molar-refractivity contribution < 1.29 is 23.5 Å². The molecule has 2 aromatic carbocycles. The molecule has 3 rings (SSSR count). The van der Waals surface area contributed by atoms with Crippen LogP contribution in [0.2, 0.25) is 0 Å². The van der Waals surface area contributed by atoms with E-state index in [1.54, 1.807) is 24.0 Å². The summed E-state index contributed by atoms with van der Waals surface area (Å²) in [5, 5.41) is 23.8. The third-order valence-corrected chi connectivity index (χ3v) is 9.06. The van der Waals surface area contributed by atoms with Crippen molar-refractivity contribution in [2.75, 3.05) is 19.6 Å². The maximum absolute atomic E-state index is 14.3. The van der Waals surface area contributed by atoms with E-state index in [4.69, 9.17) is 11.0 Å². The zero-order valence-corrected chi connectivity index (χ0v) is 28.7. The van der Waals surface area contributed by atoms with Crippen LogP contribution >= 0.6 is 0 Å². The number of amides is 2. The van der Waals surface area contributed by atoms with Gasteiger partial charge in [0.05, 0.1) is 17.6 Å². The Bertz CT molecular complexity index is 1460. The van der Waals surface area contributed by atoms with Crippen LogP contribution in [0, 0.1) is 34.3 Å². The number of carbonyl (C=O) groups excluding carboxylic acids is 2. The molecule has 2 amide bonds. The summed E-state index contributed by atoms with van der Waals surface area (Å²) in [6.07, 6.45) is 9.42. The minimum atomic E-state index is -1.48. The second kappa shape index (κ2) is 19.2. The number of aryl methyl sites for hydroxylation is 1. The summed E-state index contributed by atoms with van der Waals surface area (Å²) >= 11 is 0. The Hall–Kier alpha value is -3.87. The van der Waals surface area contributed by atoms with Crippen LogP contribution in [-0.4, -0.2) is 47.6 Å². The van der Waals surface area contributed by atoms with Gasteiger partial charge < -0.3 is 21.1 Å². The number of rotatable bonds is 20. The number of nitrogens with two attached hydrogens (primary N) is 1. The molecule has 2 aromatic rings. The van der Waals surface area contributed by atoms with Gasteiger partial charge in [-0.15, -0.1) is 0 Å². The van der Waals surface area contributed by atoms with E-state index >= 15 is 0 Å². The molecule has 1 unspecified atom stereocenters. The molecule has 0 saturated carbocycles. The molecular weight excluding hydrogens is 610 g/mol. The SMILES string of the molecule is CCCN(CCC)C(=O)C1=CC(C)=CC(C(N)=O)([C@H](Cc2cc(F)cc(F)c2)[C@@H](O)CNCc2cccc(CCCCCCC#N)c2)C1. The number of hydrogen-bond donors (Lipinski definition) is 3. The molecule has 3 atom stereocenters. The second-order valence-electron chi connectivity index (χ2n) is 13.1. The summed E-state index contributed by atoms with van der Waals surface area (Å²) in [4.78, 5) is 29.0. The van der Waals surface area contributed by atoms with Crippen molar-refractivity contribution in [1.82, 2.24) is 10.2 Å². The maximum Gasteiger partial charge on any atom is 0.249 e. The number of halogens is 2. The Morgan fingerprint density at radius 1 is 1.02 bits per heavy atom. The first kappa shape index (κ1) is 38.6. The largest absolute Gasteiger partial charge is 0.391 e. The van der Waals surface area contributed by atoms with E-state index in [1.807, 2.05) is 26.0 Å². The normalized spacial score (nSPS) is 17.2. The molecule has 0 aliphatic heterocycles. The van der Waals surface area contributed by atoms with Crippen molar-refractivity contribution in [3.8, 4) is 6.07 Å². The molecular formula is C39H52F2N4O3. The highest BCUT2D eigenvalue weighted by molar-refractivity contribution is 5.97. The lowest BCUT2D eigenvalue weighted by molar-refractivity contribution is -0.132. The van der Waals surface area contributed by atoms with Crippen molar-refractivity contribution in [3.05, 3.63) is 94.1 Å².